The molecule has 30 heavy (non-hydrogen) atoms. The minimum absolute atomic E-state index is 0.0752. The zero-order valence-corrected chi connectivity index (χ0v) is 18.5. The number of fused-ring (bicyclic) bond motifs is 1. The van der Waals surface area contributed by atoms with Crippen LogP contribution in [0.2, 0.25) is 0 Å². The van der Waals surface area contributed by atoms with Crippen molar-refractivity contribution in [2.45, 2.75) is 32.6 Å². The van der Waals surface area contributed by atoms with Crippen LogP contribution in [0.5, 0.6) is 5.75 Å². The molecule has 3 rings (SSSR count). The number of imide groups is 1. The first-order valence-electron chi connectivity index (χ1n) is 10.1. The zero-order valence-electron chi connectivity index (χ0n) is 16.9. The van der Waals surface area contributed by atoms with Crippen LogP contribution in [0.25, 0.3) is 0 Å². The van der Waals surface area contributed by atoms with E-state index in [1.807, 2.05) is 31.2 Å². The van der Waals surface area contributed by atoms with E-state index in [1.54, 1.807) is 18.2 Å². The molecule has 2 aromatic rings. The number of ether oxygens (including phenoxy) is 1. The van der Waals surface area contributed by atoms with E-state index >= 15 is 0 Å². The molecule has 0 fully saturated rings. The van der Waals surface area contributed by atoms with Crippen LogP contribution in [-0.2, 0) is 4.79 Å². The van der Waals surface area contributed by atoms with E-state index in [4.69, 9.17) is 4.74 Å². The molecule has 0 unspecified atom stereocenters. The lowest BCUT2D eigenvalue weighted by molar-refractivity contribution is -0.121. The summed E-state index contributed by atoms with van der Waals surface area (Å²) in [7, 11) is 0. The fourth-order valence-electron chi connectivity index (χ4n) is 3.23. The molecule has 0 aliphatic carbocycles. The lowest BCUT2D eigenvalue weighted by Gasteiger charge is -2.13. The highest BCUT2D eigenvalue weighted by molar-refractivity contribution is 9.10. The molecule has 1 N–H and O–H groups in total. The van der Waals surface area contributed by atoms with Crippen molar-refractivity contribution in [2.75, 3.05) is 19.7 Å². The zero-order chi connectivity index (χ0) is 21.5. The number of hydrogen-bond donors (Lipinski definition) is 1. The molecule has 0 bridgehead atoms. The Balaban J connectivity index is 1.29. The third-order valence-electron chi connectivity index (χ3n) is 4.90. The minimum atomic E-state index is -0.301. The van der Waals surface area contributed by atoms with Crippen LogP contribution < -0.4 is 10.1 Å². The second kappa shape index (κ2) is 10.4. The molecule has 0 radical (unpaired) electrons. The Hall–Kier alpha value is -2.67. The smallest absolute Gasteiger partial charge is 0.261 e. The molecular formula is C23H25BrN2O4. The topological polar surface area (TPSA) is 75.7 Å². The van der Waals surface area contributed by atoms with Crippen LogP contribution in [0, 0.1) is 6.92 Å². The first kappa shape index (κ1) is 22.0. The first-order chi connectivity index (χ1) is 14.5. The molecule has 0 aromatic heterocycles. The van der Waals surface area contributed by atoms with E-state index in [9.17, 15) is 14.4 Å². The van der Waals surface area contributed by atoms with Gasteiger partial charge < -0.3 is 10.1 Å². The number of benzene rings is 2. The number of aryl methyl sites for hydroxylation is 1. The number of nitrogens with zero attached hydrogens (tertiary/aromatic N) is 1. The standard InChI is InChI=1S/C23H25BrN2O4/c1-16-6-9-18(10-7-16)30-14-3-2-12-25-21(27)5-4-13-26-22(28)19-11-8-17(24)15-20(19)23(26)29/h6-11,15H,2-5,12-14H2,1H3,(H,25,27). The first-order valence-corrected chi connectivity index (χ1v) is 10.9. The fourth-order valence-corrected chi connectivity index (χ4v) is 3.59. The Bertz CT molecular complexity index is 927. The molecular weight excluding hydrogens is 448 g/mol. The highest BCUT2D eigenvalue weighted by Crippen LogP contribution is 2.26. The number of hydrogen-bond acceptors (Lipinski definition) is 4. The molecule has 6 nitrogen and oxygen atoms in total. The van der Waals surface area contributed by atoms with Gasteiger partial charge in [0.05, 0.1) is 17.7 Å². The summed E-state index contributed by atoms with van der Waals surface area (Å²) in [6.45, 7) is 3.46. The van der Waals surface area contributed by atoms with Gasteiger partial charge in [-0.05, 0) is 56.5 Å². The van der Waals surface area contributed by atoms with E-state index in [0.717, 1.165) is 23.1 Å². The third-order valence-corrected chi connectivity index (χ3v) is 5.39. The predicted molar refractivity (Wildman–Crippen MR) is 118 cm³/mol. The maximum Gasteiger partial charge on any atom is 0.261 e. The maximum absolute atomic E-state index is 12.4. The maximum atomic E-state index is 12.4. The van der Waals surface area contributed by atoms with E-state index in [0.29, 0.717) is 30.7 Å². The second-order valence-corrected chi connectivity index (χ2v) is 8.19. The van der Waals surface area contributed by atoms with Gasteiger partial charge in [-0.25, -0.2) is 0 Å². The molecule has 3 amide bonds. The van der Waals surface area contributed by atoms with Gasteiger partial charge in [0.25, 0.3) is 11.8 Å². The molecule has 0 saturated carbocycles. The normalized spacial score (nSPS) is 12.8. The van der Waals surface area contributed by atoms with Gasteiger partial charge in [0.1, 0.15) is 5.75 Å². The average Bonchev–Trinajstić information content (AvgIpc) is 2.96. The van der Waals surface area contributed by atoms with Crippen LogP contribution in [-0.4, -0.2) is 42.3 Å². The van der Waals surface area contributed by atoms with Gasteiger partial charge in [0, 0.05) is 24.0 Å². The predicted octanol–water partition coefficient (Wildman–Crippen LogP) is 4.11. The molecule has 158 valence electrons. The van der Waals surface area contributed by atoms with Gasteiger partial charge in [-0.3, -0.25) is 19.3 Å². The summed E-state index contributed by atoms with van der Waals surface area (Å²) in [6, 6.07) is 13.0. The SMILES string of the molecule is Cc1ccc(OCCCCNC(=O)CCCN2C(=O)c3ccc(Br)cc3C2=O)cc1. The summed E-state index contributed by atoms with van der Waals surface area (Å²) >= 11 is 3.32. The Labute approximate surface area is 184 Å². The Morgan fingerprint density at radius 3 is 2.50 bits per heavy atom. The largest absolute Gasteiger partial charge is 0.494 e. The highest BCUT2D eigenvalue weighted by Gasteiger charge is 2.35. The van der Waals surface area contributed by atoms with Crippen molar-refractivity contribution >= 4 is 33.7 Å². The van der Waals surface area contributed by atoms with Gasteiger partial charge in [-0.2, -0.15) is 0 Å². The number of halogens is 1. The van der Waals surface area contributed by atoms with Crippen LogP contribution in [0.3, 0.4) is 0 Å². The molecule has 7 heteroatoms. The van der Waals surface area contributed by atoms with Crippen molar-refractivity contribution in [3.05, 3.63) is 63.6 Å². The highest BCUT2D eigenvalue weighted by atomic mass is 79.9. The quantitative estimate of drug-likeness (QED) is 0.416. The van der Waals surface area contributed by atoms with Crippen LogP contribution in [0.15, 0.2) is 46.9 Å². The Morgan fingerprint density at radius 1 is 1.00 bits per heavy atom. The van der Waals surface area contributed by atoms with E-state index in [2.05, 4.69) is 21.2 Å². The van der Waals surface area contributed by atoms with Gasteiger partial charge >= 0.3 is 0 Å². The van der Waals surface area contributed by atoms with Gasteiger partial charge in [-0.1, -0.05) is 33.6 Å². The van der Waals surface area contributed by atoms with Gasteiger partial charge in [0.2, 0.25) is 5.91 Å². The van der Waals surface area contributed by atoms with Crippen molar-refractivity contribution in [1.29, 1.82) is 0 Å². The average molecular weight is 473 g/mol. The lowest BCUT2D eigenvalue weighted by Crippen LogP contribution is -2.32. The van der Waals surface area contributed by atoms with Crippen LogP contribution in [0.1, 0.15) is 52.0 Å². The van der Waals surface area contributed by atoms with Gasteiger partial charge in [-0.15, -0.1) is 0 Å². The number of nitrogens with one attached hydrogen (secondary N) is 1. The van der Waals surface area contributed by atoms with Crippen LogP contribution >= 0.6 is 15.9 Å². The van der Waals surface area contributed by atoms with Crippen molar-refractivity contribution < 1.29 is 19.1 Å². The third kappa shape index (κ3) is 5.69. The summed E-state index contributed by atoms with van der Waals surface area (Å²) in [5.74, 6) is 0.181. The number of carbonyl (C=O) groups is 3. The molecule has 2 aromatic carbocycles. The minimum Gasteiger partial charge on any atom is -0.494 e. The summed E-state index contributed by atoms with van der Waals surface area (Å²) < 4.78 is 6.42. The van der Waals surface area contributed by atoms with Gasteiger partial charge in [0.15, 0.2) is 0 Å². The van der Waals surface area contributed by atoms with Crippen molar-refractivity contribution in [2.24, 2.45) is 0 Å². The number of carbonyl (C=O) groups excluding carboxylic acids is 3. The molecule has 0 atom stereocenters. The molecule has 0 saturated heterocycles. The summed E-state index contributed by atoms with van der Waals surface area (Å²) in [4.78, 5) is 38.0. The molecule has 1 aliphatic heterocycles. The second-order valence-electron chi connectivity index (χ2n) is 7.27. The monoisotopic (exact) mass is 472 g/mol. The van der Waals surface area contributed by atoms with Crippen molar-refractivity contribution in [1.82, 2.24) is 10.2 Å². The number of rotatable bonds is 10. The Kier molecular flexibility index (Phi) is 7.63. The van der Waals surface area contributed by atoms with Crippen LogP contribution in [0.4, 0.5) is 0 Å². The van der Waals surface area contributed by atoms with E-state index in [-0.39, 0.29) is 30.7 Å². The summed E-state index contributed by atoms with van der Waals surface area (Å²) in [6.07, 6.45) is 2.38. The molecule has 0 spiro atoms. The van der Waals surface area contributed by atoms with Crippen molar-refractivity contribution in [3.63, 3.8) is 0 Å². The fraction of sp³-hybridized carbons (Fsp3) is 0.348. The molecule has 1 heterocycles. The van der Waals surface area contributed by atoms with Crippen molar-refractivity contribution in [3.8, 4) is 5.75 Å². The summed E-state index contributed by atoms with van der Waals surface area (Å²) in [5, 5.41) is 2.87. The lowest BCUT2D eigenvalue weighted by atomic mass is 10.1. The Morgan fingerprint density at radius 2 is 1.73 bits per heavy atom. The molecule has 1 aliphatic rings. The number of amides is 3. The van der Waals surface area contributed by atoms with E-state index < -0.39 is 0 Å². The number of unbranched alkanes of at least 4 members (excludes halogenated alkanes) is 1. The summed E-state index contributed by atoms with van der Waals surface area (Å²) in [5.41, 5.74) is 2.02. The van der Waals surface area contributed by atoms with E-state index in [1.165, 1.54) is 10.5 Å².